The number of hydrogen-bond acceptors (Lipinski definition) is 2. The molecule has 4 heteroatoms. The SMILES string of the molecule is O=C(Nc1ccc2c(c1)[nH]c1ccccc12)C1CCCNC1. The van der Waals surface area contributed by atoms with Gasteiger partial charge in [0, 0.05) is 34.0 Å². The van der Waals surface area contributed by atoms with Crippen molar-refractivity contribution >= 4 is 33.4 Å². The van der Waals surface area contributed by atoms with Gasteiger partial charge in [-0.25, -0.2) is 0 Å². The fraction of sp³-hybridized carbons (Fsp3) is 0.278. The van der Waals surface area contributed by atoms with E-state index in [0.717, 1.165) is 42.7 Å². The number of anilines is 1. The highest BCUT2D eigenvalue weighted by Gasteiger charge is 2.20. The Morgan fingerprint density at radius 3 is 2.82 bits per heavy atom. The minimum Gasteiger partial charge on any atom is -0.354 e. The number of H-pyrrole nitrogens is 1. The van der Waals surface area contributed by atoms with Gasteiger partial charge in [-0.2, -0.15) is 0 Å². The normalized spacial score (nSPS) is 18.6. The molecule has 1 atom stereocenters. The monoisotopic (exact) mass is 293 g/mol. The van der Waals surface area contributed by atoms with Gasteiger partial charge < -0.3 is 15.6 Å². The van der Waals surface area contributed by atoms with E-state index in [1.807, 2.05) is 24.3 Å². The molecule has 1 unspecified atom stereocenters. The molecule has 0 bridgehead atoms. The van der Waals surface area contributed by atoms with Crippen LogP contribution < -0.4 is 10.6 Å². The van der Waals surface area contributed by atoms with Gasteiger partial charge in [-0.15, -0.1) is 0 Å². The van der Waals surface area contributed by atoms with Gasteiger partial charge in [-0.1, -0.05) is 24.3 Å². The number of nitrogens with one attached hydrogen (secondary N) is 3. The lowest BCUT2D eigenvalue weighted by molar-refractivity contribution is -0.120. The lowest BCUT2D eigenvalue weighted by Crippen LogP contribution is -2.37. The Morgan fingerprint density at radius 1 is 1.09 bits per heavy atom. The van der Waals surface area contributed by atoms with Crippen LogP contribution in [0.4, 0.5) is 5.69 Å². The molecule has 1 aromatic heterocycles. The van der Waals surface area contributed by atoms with Crippen molar-refractivity contribution in [3.8, 4) is 0 Å². The molecule has 0 spiro atoms. The summed E-state index contributed by atoms with van der Waals surface area (Å²) in [7, 11) is 0. The third-order valence-corrected chi connectivity index (χ3v) is 4.44. The standard InChI is InChI=1S/C18H19N3O/c22-18(12-4-3-9-19-11-12)20-13-7-8-15-14-5-1-2-6-16(14)21-17(15)10-13/h1-2,5-8,10,12,19,21H,3-4,9,11H2,(H,20,22). The quantitative estimate of drug-likeness (QED) is 0.679. The number of piperidine rings is 1. The Bertz CT molecular complexity index is 831. The van der Waals surface area contributed by atoms with Gasteiger partial charge in [-0.05, 0) is 37.6 Å². The molecule has 4 nitrogen and oxygen atoms in total. The molecule has 1 aliphatic rings. The van der Waals surface area contributed by atoms with Crippen molar-refractivity contribution in [3.63, 3.8) is 0 Å². The maximum absolute atomic E-state index is 12.3. The maximum atomic E-state index is 12.3. The number of fused-ring (bicyclic) bond motifs is 3. The summed E-state index contributed by atoms with van der Waals surface area (Å²) in [5.74, 6) is 0.190. The van der Waals surface area contributed by atoms with E-state index in [1.54, 1.807) is 0 Å². The fourth-order valence-electron chi connectivity index (χ4n) is 3.25. The van der Waals surface area contributed by atoms with Gasteiger partial charge >= 0.3 is 0 Å². The lowest BCUT2D eigenvalue weighted by Gasteiger charge is -2.21. The molecule has 22 heavy (non-hydrogen) atoms. The van der Waals surface area contributed by atoms with Crippen molar-refractivity contribution in [2.75, 3.05) is 18.4 Å². The van der Waals surface area contributed by atoms with Crippen molar-refractivity contribution in [2.24, 2.45) is 5.92 Å². The molecule has 0 saturated carbocycles. The van der Waals surface area contributed by atoms with Crippen molar-refractivity contribution in [1.82, 2.24) is 10.3 Å². The van der Waals surface area contributed by atoms with Crippen LogP contribution in [-0.4, -0.2) is 24.0 Å². The Balaban J connectivity index is 1.62. The largest absolute Gasteiger partial charge is 0.354 e. The number of aromatic nitrogens is 1. The Labute approximate surface area is 128 Å². The maximum Gasteiger partial charge on any atom is 0.228 e. The van der Waals surface area contributed by atoms with Gasteiger partial charge in [0.05, 0.1) is 5.92 Å². The van der Waals surface area contributed by atoms with Crippen LogP contribution in [0.5, 0.6) is 0 Å². The van der Waals surface area contributed by atoms with Crippen molar-refractivity contribution < 1.29 is 4.79 Å². The van der Waals surface area contributed by atoms with Gasteiger partial charge in [-0.3, -0.25) is 4.79 Å². The number of hydrogen-bond donors (Lipinski definition) is 3. The molecule has 0 radical (unpaired) electrons. The highest BCUT2D eigenvalue weighted by Crippen LogP contribution is 2.27. The van der Waals surface area contributed by atoms with Crippen LogP contribution in [0.15, 0.2) is 42.5 Å². The number of aromatic amines is 1. The van der Waals surface area contributed by atoms with Gasteiger partial charge in [0.25, 0.3) is 0 Å². The first-order valence-corrected chi connectivity index (χ1v) is 7.83. The predicted octanol–water partition coefficient (Wildman–Crippen LogP) is 3.26. The third-order valence-electron chi connectivity index (χ3n) is 4.44. The molecule has 2 heterocycles. The predicted molar refractivity (Wildman–Crippen MR) is 90.0 cm³/mol. The second kappa shape index (κ2) is 5.46. The summed E-state index contributed by atoms with van der Waals surface area (Å²) in [5, 5.41) is 8.73. The smallest absolute Gasteiger partial charge is 0.228 e. The van der Waals surface area contributed by atoms with E-state index < -0.39 is 0 Å². The van der Waals surface area contributed by atoms with Gasteiger partial charge in [0.1, 0.15) is 0 Å². The first-order valence-electron chi connectivity index (χ1n) is 7.83. The minimum absolute atomic E-state index is 0.0761. The number of amides is 1. The molecule has 1 aliphatic heterocycles. The van der Waals surface area contributed by atoms with Crippen molar-refractivity contribution in [3.05, 3.63) is 42.5 Å². The van der Waals surface area contributed by atoms with Crippen LogP contribution in [0.1, 0.15) is 12.8 Å². The fourth-order valence-corrected chi connectivity index (χ4v) is 3.25. The molecule has 2 aromatic carbocycles. The average Bonchev–Trinajstić information content (AvgIpc) is 2.93. The summed E-state index contributed by atoms with van der Waals surface area (Å²) in [6, 6.07) is 14.3. The number of carbonyl (C=O) groups excluding carboxylic acids is 1. The molecular formula is C18H19N3O. The first-order chi connectivity index (χ1) is 10.8. The van der Waals surface area contributed by atoms with Crippen LogP contribution in [0, 0.1) is 5.92 Å². The van der Waals surface area contributed by atoms with Crippen molar-refractivity contribution in [2.45, 2.75) is 12.8 Å². The summed E-state index contributed by atoms with van der Waals surface area (Å²) < 4.78 is 0. The van der Waals surface area contributed by atoms with E-state index >= 15 is 0 Å². The number of rotatable bonds is 2. The van der Waals surface area contributed by atoms with Crippen LogP contribution in [0.3, 0.4) is 0 Å². The number of benzene rings is 2. The third kappa shape index (κ3) is 2.35. The topological polar surface area (TPSA) is 56.9 Å². The lowest BCUT2D eigenvalue weighted by atomic mass is 9.99. The molecule has 3 aromatic rings. The first kappa shape index (κ1) is 13.3. The zero-order chi connectivity index (χ0) is 14.9. The summed E-state index contributed by atoms with van der Waals surface area (Å²) in [4.78, 5) is 15.7. The second-order valence-electron chi connectivity index (χ2n) is 5.96. The summed E-state index contributed by atoms with van der Waals surface area (Å²) in [6.45, 7) is 1.80. The van der Waals surface area contributed by atoms with E-state index in [4.69, 9.17) is 0 Å². The van der Waals surface area contributed by atoms with E-state index in [2.05, 4.69) is 33.8 Å². The number of para-hydroxylation sites is 1. The molecule has 112 valence electrons. The van der Waals surface area contributed by atoms with Crippen molar-refractivity contribution in [1.29, 1.82) is 0 Å². The van der Waals surface area contributed by atoms with E-state index in [-0.39, 0.29) is 11.8 Å². The van der Waals surface area contributed by atoms with E-state index in [9.17, 15) is 4.79 Å². The number of carbonyl (C=O) groups is 1. The molecular weight excluding hydrogens is 274 g/mol. The summed E-state index contributed by atoms with van der Waals surface area (Å²) >= 11 is 0. The molecule has 4 rings (SSSR count). The zero-order valence-corrected chi connectivity index (χ0v) is 12.4. The van der Waals surface area contributed by atoms with Crippen LogP contribution in [0.2, 0.25) is 0 Å². The van der Waals surface area contributed by atoms with Crippen LogP contribution >= 0.6 is 0 Å². The minimum atomic E-state index is 0.0761. The average molecular weight is 293 g/mol. The molecule has 3 N–H and O–H groups in total. The molecule has 1 fully saturated rings. The van der Waals surface area contributed by atoms with E-state index in [1.165, 1.54) is 10.8 Å². The second-order valence-corrected chi connectivity index (χ2v) is 5.96. The molecule has 1 amide bonds. The molecule has 0 aliphatic carbocycles. The highest BCUT2D eigenvalue weighted by atomic mass is 16.1. The van der Waals surface area contributed by atoms with Crippen LogP contribution in [0.25, 0.3) is 21.8 Å². The Morgan fingerprint density at radius 2 is 1.95 bits per heavy atom. The van der Waals surface area contributed by atoms with Crippen LogP contribution in [-0.2, 0) is 4.79 Å². The zero-order valence-electron chi connectivity index (χ0n) is 12.4. The summed E-state index contributed by atoms with van der Waals surface area (Å²) in [6.07, 6.45) is 2.03. The highest BCUT2D eigenvalue weighted by molar-refractivity contribution is 6.08. The Hall–Kier alpha value is -2.33. The Kier molecular flexibility index (Phi) is 3.31. The molecule has 1 saturated heterocycles. The van der Waals surface area contributed by atoms with Gasteiger partial charge in [0.15, 0.2) is 0 Å². The summed E-state index contributed by atoms with van der Waals surface area (Å²) in [5.41, 5.74) is 3.04. The van der Waals surface area contributed by atoms with Gasteiger partial charge in [0.2, 0.25) is 5.91 Å². The van der Waals surface area contributed by atoms with E-state index in [0.29, 0.717) is 0 Å².